The van der Waals surface area contributed by atoms with Crippen molar-refractivity contribution in [3.8, 4) is 23.0 Å². The van der Waals surface area contributed by atoms with E-state index in [4.69, 9.17) is 18.9 Å². The van der Waals surface area contributed by atoms with Crippen LogP contribution >= 0.6 is 0 Å². The van der Waals surface area contributed by atoms with Crippen LogP contribution in [0.15, 0.2) is 71.7 Å². The Bertz CT molecular complexity index is 1370. The molecule has 0 N–H and O–H groups in total. The molecule has 0 saturated heterocycles. The van der Waals surface area contributed by atoms with Gasteiger partial charge < -0.3 is 23.5 Å². The number of carbonyl (C=O) groups excluding carboxylic acids is 1. The van der Waals surface area contributed by atoms with Gasteiger partial charge in [-0.15, -0.1) is 0 Å². The molecular formula is C28H27NO6. The average molecular weight is 474 g/mol. The van der Waals surface area contributed by atoms with E-state index in [9.17, 15) is 9.59 Å². The fourth-order valence-electron chi connectivity index (χ4n) is 3.81. The monoisotopic (exact) mass is 473 g/mol. The minimum absolute atomic E-state index is 0.104. The number of rotatable bonds is 10. The van der Waals surface area contributed by atoms with Crippen molar-refractivity contribution in [2.75, 3.05) is 14.2 Å². The van der Waals surface area contributed by atoms with Crippen molar-refractivity contribution in [1.82, 2.24) is 4.57 Å². The third-order valence-electron chi connectivity index (χ3n) is 5.75. The van der Waals surface area contributed by atoms with Gasteiger partial charge in [-0.1, -0.05) is 24.3 Å². The zero-order valence-electron chi connectivity index (χ0n) is 19.9. The molecule has 0 fully saturated rings. The van der Waals surface area contributed by atoms with Gasteiger partial charge in [0.05, 0.1) is 30.7 Å². The van der Waals surface area contributed by atoms with Gasteiger partial charge in [0.15, 0.2) is 23.2 Å². The maximum atomic E-state index is 12.9. The summed E-state index contributed by atoms with van der Waals surface area (Å²) in [5, 5.41) is 0.401. The predicted octanol–water partition coefficient (Wildman–Crippen LogP) is 5.01. The van der Waals surface area contributed by atoms with Gasteiger partial charge in [-0.05, 0) is 54.4 Å². The van der Waals surface area contributed by atoms with Crippen LogP contribution in [0.2, 0.25) is 0 Å². The Morgan fingerprint density at radius 2 is 1.37 bits per heavy atom. The van der Waals surface area contributed by atoms with Crippen LogP contribution in [0.25, 0.3) is 10.9 Å². The smallest absolute Gasteiger partial charge is 0.200 e. The van der Waals surface area contributed by atoms with E-state index in [0.717, 1.165) is 22.6 Å². The number of carbonyl (C=O) groups is 1. The van der Waals surface area contributed by atoms with Gasteiger partial charge in [0.25, 0.3) is 0 Å². The molecule has 7 nitrogen and oxygen atoms in total. The standard InChI is InChI=1S/C28H27NO6/c1-4-29-15-21(16-30)27(31)24-13-14-25(34-17-19-5-9-22(32-2)10-6-19)28(26(24)29)35-18-20-7-11-23(33-3)12-8-20/h5-16H,4,17-18H2,1-3H3. The van der Waals surface area contributed by atoms with Crippen molar-refractivity contribution in [1.29, 1.82) is 0 Å². The highest BCUT2D eigenvalue weighted by Crippen LogP contribution is 2.36. The summed E-state index contributed by atoms with van der Waals surface area (Å²) in [7, 11) is 3.24. The highest BCUT2D eigenvalue weighted by molar-refractivity contribution is 5.91. The van der Waals surface area contributed by atoms with E-state index >= 15 is 0 Å². The Hall–Kier alpha value is -4.26. The van der Waals surface area contributed by atoms with Crippen molar-refractivity contribution >= 4 is 17.2 Å². The second-order valence-electron chi connectivity index (χ2n) is 7.88. The number of pyridine rings is 1. The zero-order valence-corrected chi connectivity index (χ0v) is 19.9. The summed E-state index contributed by atoms with van der Waals surface area (Å²) in [6.45, 7) is 3.04. The van der Waals surface area contributed by atoms with Crippen LogP contribution in [-0.2, 0) is 19.8 Å². The number of hydrogen-bond donors (Lipinski definition) is 0. The lowest BCUT2D eigenvalue weighted by Crippen LogP contribution is -2.15. The van der Waals surface area contributed by atoms with E-state index in [1.807, 2.05) is 60.0 Å². The SMILES string of the molecule is CCn1cc(C=O)c(=O)c2ccc(OCc3ccc(OC)cc3)c(OCc3ccc(OC)cc3)c21. The molecule has 0 saturated carbocycles. The molecule has 0 atom stereocenters. The van der Waals surface area contributed by atoms with E-state index in [1.165, 1.54) is 0 Å². The van der Waals surface area contributed by atoms with Crippen molar-refractivity contribution in [3.63, 3.8) is 0 Å². The Morgan fingerprint density at radius 1 is 0.800 bits per heavy atom. The van der Waals surface area contributed by atoms with Crippen molar-refractivity contribution in [2.24, 2.45) is 0 Å². The van der Waals surface area contributed by atoms with Gasteiger partial charge in [0, 0.05) is 12.7 Å². The molecule has 0 spiro atoms. The van der Waals surface area contributed by atoms with Gasteiger partial charge in [0.2, 0.25) is 0 Å². The molecule has 1 aromatic heterocycles. The van der Waals surface area contributed by atoms with Crippen molar-refractivity contribution in [2.45, 2.75) is 26.7 Å². The van der Waals surface area contributed by atoms with E-state index in [0.29, 0.717) is 41.8 Å². The van der Waals surface area contributed by atoms with E-state index in [1.54, 1.807) is 32.5 Å². The first kappa shape index (κ1) is 23.9. The van der Waals surface area contributed by atoms with Crippen LogP contribution in [0, 0.1) is 0 Å². The molecule has 0 radical (unpaired) electrons. The fraction of sp³-hybridized carbons (Fsp3) is 0.214. The average Bonchev–Trinajstić information content (AvgIpc) is 2.91. The highest BCUT2D eigenvalue weighted by Gasteiger charge is 2.18. The Labute approximate surface area is 203 Å². The van der Waals surface area contributed by atoms with Crippen molar-refractivity contribution < 1.29 is 23.7 Å². The molecule has 0 aliphatic rings. The van der Waals surface area contributed by atoms with Crippen LogP contribution in [0.4, 0.5) is 0 Å². The summed E-state index contributed by atoms with van der Waals surface area (Å²) in [6, 6.07) is 18.5. The molecule has 1 heterocycles. The largest absolute Gasteiger partial charge is 0.497 e. The van der Waals surface area contributed by atoms with Crippen LogP contribution in [0.3, 0.4) is 0 Å². The molecule has 35 heavy (non-hydrogen) atoms. The van der Waals surface area contributed by atoms with E-state index in [2.05, 4.69) is 0 Å². The Kier molecular flexibility index (Phi) is 7.35. The van der Waals surface area contributed by atoms with E-state index in [-0.39, 0.29) is 17.6 Å². The molecular weight excluding hydrogens is 446 g/mol. The van der Waals surface area contributed by atoms with Gasteiger partial charge in [-0.2, -0.15) is 0 Å². The first-order valence-electron chi connectivity index (χ1n) is 11.2. The fourth-order valence-corrected chi connectivity index (χ4v) is 3.81. The number of hydrogen-bond acceptors (Lipinski definition) is 6. The summed E-state index contributed by atoms with van der Waals surface area (Å²) in [4.78, 5) is 24.4. The van der Waals surface area contributed by atoms with E-state index < -0.39 is 0 Å². The minimum atomic E-state index is -0.337. The molecule has 3 aromatic carbocycles. The van der Waals surface area contributed by atoms with Crippen LogP contribution in [0.1, 0.15) is 28.4 Å². The second-order valence-corrected chi connectivity index (χ2v) is 7.88. The lowest BCUT2D eigenvalue weighted by atomic mass is 10.1. The third-order valence-corrected chi connectivity index (χ3v) is 5.75. The van der Waals surface area contributed by atoms with Crippen LogP contribution in [0.5, 0.6) is 23.0 Å². The molecule has 180 valence electrons. The molecule has 0 unspecified atom stereocenters. The molecule has 0 bridgehead atoms. The normalized spacial score (nSPS) is 10.7. The van der Waals surface area contributed by atoms with Crippen LogP contribution < -0.4 is 24.4 Å². The van der Waals surface area contributed by atoms with Crippen LogP contribution in [-0.4, -0.2) is 25.1 Å². The first-order valence-corrected chi connectivity index (χ1v) is 11.2. The van der Waals surface area contributed by atoms with Gasteiger partial charge in [0.1, 0.15) is 24.7 Å². The van der Waals surface area contributed by atoms with Gasteiger partial charge >= 0.3 is 0 Å². The molecule has 0 aliphatic carbocycles. The van der Waals surface area contributed by atoms with Crippen molar-refractivity contribution in [3.05, 3.63) is 93.8 Å². The molecule has 0 aliphatic heterocycles. The number of methoxy groups -OCH3 is 2. The number of nitrogens with zero attached hydrogens (tertiary/aromatic N) is 1. The predicted molar refractivity (Wildman–Crippen MR) is 134 cm³/mol. The first-order chi connectivity index (χ1) is 17.1. The Balaban J connectivity index is 1.74. The van der Waals surface area contributed by atoms with Gasteiger partial charge in [-0.25, -0.2) is 0 Å². The quantitative estimate of drug-likeness (QED) is 0.302. The zero-order chi connectivity index (χ0) is 24.8. The Morgan fingerprint density at radius 3 is 1.89 bits per heavy atom. The number of aromatic nitrogens is 1. The minimum Gasteiger partial charge on any atom is -0.497 e. The summed E-state index contributed by atoms with van der Waals surface area (Å²) < 4.78 is 24.7. The molecule has 7 heteroatoms. The lowest BCUT2D eigenvalue weighted by Gasteiger charge is -2.19. The summed E-state index contributed by atoms with van der Waals surface area (Å²) in [5.74, 6) is 2.47. The molecule has 4 rings (SSSR count). The summed E-state index contributed by atoms with van der Waals surface area (Å²) in [5.41, 5.74) is 2.24. The molecule has 4 aromatic rings. The summed E-state index contributed by atoms with van der Waals surface area (Å²) >= 11 is 0. The lowest BCUT2D eigenvalue weighted by molar-refractivity contribution is 0.112. The number of aryl methyl sites for hydroxylation is 1. The number of fused-ring (bicyclic) bond motifs is 1. The topological polar surface area (TPSA) is 76.0 Å². The number of aldehydes is 1. The molecule has 0 amide bonds. The number of ether oxygens (including phenoxy) is 4. The summed E-state index contributed by atoms with van der Waals surface area (Å²) in [6.07, 6.45) is 2.14. The second kappa shape index (κ2) is 10.8. The number of benzene rings is 3. The third kappa shape index (κ3) is 5.14. The maximum absolute atomic E-state index is 12.9. The maximum Gasteiger partial charge on any atom is 0.200 e. The van der Waals surface area contributed by atoms with Gasteiger partial charge in [-0.3, -0.25) is 9.59 Å². The highest BCUT2D eigenvalue weighted by atomic mass is 16.5.